The highest BCUT2D eigenvalue weighted by atomic mass is 32.1. The smallest absolute Gasteiger partial charge is 0.315 e. The summed E-state index contributed by atoms with van der Waals surface area (Å²) in [4.78, 5) is 23.8. The Hall–Kier alpha value is -1.60. The van der Waals surface area contributed by atoms with Crippen molar-refractivity contribution in [1.29, 1.82) is 0 Å². The van der Waals surface area contributed by atoms with Gasteiger partial charge in [-0.3, -0.25) is 4.79 Å². The van der Waals surface area contributed by atoms with Crippen LogP contribution in [0.25, 0.3) is 0 Å². The van der Waals surface area contributed by atoms with E-state index < -0.39 is 12.1 Å². The number of carboxylic acids is 1. The molecule has 0 bridgehead atoms. The van der Waals surface area contributed by atoms with Crippen molar-refractivity contribution in [3.63, 3.8) is 0 Å². The molecule has 1 saturated carbocycles. The Morgan fingerprint density at radius 2 is 2.04 bits per heavy atom. The third kappa shape index (κ3) is 5.51. The highest BCUT2D eigenvalue weighted by Crippen LogP contribution is 2.25. The number of nitrogens with one attached hydrogen (secondary N) is 2. The van der Waals surface area contributed by atoms with Crippen molar-refractivity contribution in [3.05, 3.63) is 22.4 Å². The lowest BCUT2D eigenvalue weighted by atomic mass is 9.86. The molecule has 1 aromatic heterocycles. The van der Waals surface area contributed by atoms with Crippen LogP contribution in [-0.2, 0) is 4.79 Å². The number of aliphatic hydroxyl groups excluding tert-OH is 1. The summed E-state index contributed by atoms with van der Waals surface area (Å²) in [6.07, 6.45) is 2.48. The Bertz CT molecular complexity index is 512. The first kappa shape index (κ1) is 17.7. The van der Waals surface area contributed by atoms with Gasteiger partial charge in [0.2, 0.25) is 0 Å². The van der Waals surface area contributed by atoms with Gasteiger partial charge in [0.05, 0.1) is 12.0 Å². The molecule has 4 N–H and O–H groups in total. The molecule has 1 aliphatic carbocycles. The second kappa shape index (κ2) is 8.31. The standard InChI is InChI=1S/C16H24N2O4S/c1-10(9-13(19)14-3-2-8-23-14)17-16(22)18-12-6-4-11(5-7-12)15(20)21/h2-3,8,10-13,19H,4-7,9H2,1H3,(H,20,21)(H2,17,18,22). The van der Waals surface area contributed by atoms with E-state index in [0.717, 1.165) is 4.88 Å². The van der Waals surface area contributed by atoms with Crippen LogP contribution in [0, 0.1) is 5.92 Å². The van der Waals surface area contributed by atoms with Crippen molar-refractivity contribution in [3.8, 4) is 0 Å². The Morgan fingerprint density at radius 1 is 1.35 bits per heavy atom. The molecule has 0 radical (unpaired) electrons. The third-order valence-corrected chi connectivity index (χ3v) is 5.21. The molecule has 0 spiro atoms. The van der Waals surface area contributed by atoms with E-state index in [2.05, 4.69) is 10.6 Å². The second-order valence-corrected chi connectivity index (χ2v) is 7.15. The molecule has 2 unspecified atom stereocenters. The molecular formula is C16H24N2O4S. The van der Waals surface area contributed by atoms with E-state index in [4.69, 9.17) is 5.11 Å². The monoisotopic (exact) mass is 340 g/mol. The maximum atomic E-state index is 12.0. The average Bonchev–Trinajstić information content (AvgIpc) is 3.01. The Balaban J connectivity index is 1.69. The maximum absolute atomic E-state index is 12.0. The second-order valence-electron chi connectivity index (χ2n) is 6.17. The van der Waals surface area contributed by atoms with E-state index in [-0.39, 0.29) is 24.0 Å². The summed E-state index contributed by atoms with van der Waals surface area (Å²) >= 11 is 1.50. The summed E-state index contributed by atoms with van der Waals surface area (Å²) in [6, 6.07) is 3.39. The topological polar surface area (TPSA) is 98.7 Å². The molecule has 1 fully saturated rings. The number of aliphatic hydroxyl groups is 1. The van der Waals surface area contributed by atoms with Crippen LogP contribution in [0.1, 0.15) is 50.0 Å². The summed E-state index contributed by atoms with van der Waals surface area (Å²) in [7, 11) is 0. The zero-order chi connectivity index (χ0) is 16.8. The van der Waals surface area contributed by atoms with Gasteiger partial charge in [0.1, 0.15) is 0 Å². The Morgan fingerprint density at radius 3 is 2.61 bits per heavy atom. The molecule has 0 aliphatic heterocycles. The molecule has 6 nitrogen and oxygen atoms in total. The lowest BCUT2D eigenvalue weighted by molar-refractivity contribution is -0.142. The quantitative estimate of drug-likeness (QED) is 0.639. The number of carbonyl (C=O) groups excluding carboxylic acids is 1. The largest absolute Gasteiger partial charge is 0.481 e. The number of rotatable bonds is 6. The zero-order valence-electron chi connectivity index (χ0n) is 13.2. The van der Waals surface area contributed by atoms with E-state index in [1.165, 1.54) is 11.3 Å². The fourth-order valence-electron chi connectivity index (χ4n) is 2.93. The zero-order valence-corrected chi connectivity index (χ0v) is 14.0. The molecule has 2 atom stereocenters. The molecule has 2 amide bonds. The molecule has 1 heterocycles. The van der Waals surface area contributed by atoms with Crippen LogP contribution in [0.4, 0.5) is 4.79 Å². The van der Waals surface area contributed by atoms with Gasteiger partial charge in [-0.05, 0) is 50.5 Å². The summed E-state index contributed by atoms with van der Waals surface area (Å²) in [5, 5.41) is 26.7. The normalized spacial score (nSPS) is 23.7. The fraction of sp³-hybridized carbons (Fsp3) is 0.625. The molecular weight excluding hydrogens is 316 g/mol. The van der Waals surface area contributed by atoms with E-state index >= 15 is 0 Å². The predicted molar refractivity (Wildman–Crippen MR) is 88.4 cm³/mol. The molecule has 1 aromatic rings. The first-order valence-corrected chi connectivity index (χ1v) is 8.85. The minimum atomic E-state index is -0.746. The van der Waals surface area contributed by atoms with Crippen molar-refractivity contribution < 1.29 is 19.8 Å². The summed E-state index contributed by atoms with van der Waals surface area (Å²) in [5.41, 5.74) is 0. The van der Waals surface area contributed by atoms with Crippen LogP contribution in [0.3, 0.4) is 0 Å². The average molecular weight is 340 g/mol. The van der Waals surface area contributed by atoms with Crippen molar-refractivity contribution in [2.75, 3.05) is 0 Å². The van der Waals surface area contributed by atoms with Crippen LogP contribution in [-0.4, -0.2) is 34.3 Å². The van der Waals surface area contributed by atoms with E-state index in [9.17, 15) is 14.7 Å². The molecule has 7 heteroatoms. The van der Waals surface area contributed by atoms with E-state index in [0.29, 0.717) is 32.1 Å². The van der Waals surface area contributed by atoms with Crippen LogP contribution in [0.5, 0.6) is 0 Å². The van der Waals surface area contributed by atoms with Gasteiger partial charge in [0.25, 0.3) is 0 Å². The number of aliphatic carboxylic acids is 1. The van der Waals surface area contributed by atoms with Gasteiger partial charge in [-0.2, -0.15) is 0 Å². The summed E-state index contributed by atoms with van der Waals surface area (Å²) < 4.78 is 0. The SMILES string of the molecule is CC(CC(O)c1cccs1)NC(=O)NC1CCC(C(=O)O)CC1. The maximum Gasteiger partial charge on any atom is 0.315 e. The van der Waals surface area contributed by atoms with Gasteiger partial charge in [-0.15, -0.1) is 11.3 Å². The van der Waals surface area contributed by atoms with Crippen molar-refractivity contribution in [2.45, 2.75) is 57.2 Å². The molecule has 0 aromatic carbocycles. The minimum Gasteiger partial charge on any atom is -0.481 e. The van der Waals surface area contributed by atoms with Gasteiger partial charge >= 0.3 is 12.0 Å². The van der Waals surface area contributed by atoms with Crippen molar-refractivity contribution >= 4 is 23.3 Å². The van der Waals surface area contributed by atoms with Gasteiger partial charge in [0, 0.05) is 17.0 Å². The van der Waals surface area contributed by atoms with Crippen LogP contribution in [0.15, 0.2) is 17.5 Å². The predicted octanol–water partition coefficient (Wildman–Crippen LogP) is 2.50. The first-order chi connectivity index (χ1) is 11.0. The number of carboxylic acid groups (broad SMARTS) is 1. The lowest BCUT2D eigenvalue weighted by Crippen LogP contribution is -2.47. The first-order valence-electron chi connectivity index (χ1n) is 7.97. The highest BCUT2D eigenvalue weighted by Gasteiger charge is 2.27. The van der Waals surface area contributed by atoms with E-state index in [1.54, 1.807) is 0 Å². The third-order valence-electron chi connectivity index (χ3n) is 4.24. The van der Waals surface area contributed by atoms with Crippen LogP contribution in [0.2, 0.25) is 0 Å². The highest BCUT2D eigenvalue weighted by molar-refractivity contribution is 7.10. The Kier molecular flexibility index (Phi) is 6.41. The van der Waals surface area contributed by atoms with Crippen molar-refractivity contribution in [1.82, 2.24) is 10.6 Å². The summed E-state index contributed by atoms with van der Waals surface area (Å²) in [5.74, 6) is -1.03. The molecule has 1 aliphatic rings. The van der Waals surface area contributed by atoms with Crippen LogP contribution >= 0.6 is 11.3 Å². The number of hydrogen-bond acceptors (Lipinski definition) is 4. The Labute approximate surface area is 139 Å². The summed E-state index contributed by atoms with van der Waals surface area (Å²) in [6.45, 7) is 1.86. The minimum absolute atomic E-state index is 0.0278. The number of carbonyl (C=O) groups is 2. The fourth-order valence-corrected chi connectivity index (χ4v) is 3.65. The van der Waals surface area contributed by atoms with Gasteiger partial charge in [-0.1, -0.05) is 6.07 Å². The number of hydrogen-bond donors (Lipinski definition) is 4. The lowest BCUT2D eigenvalue weighted by Gasteiger charge is -2.27. The van der Waals surface area contributed by atoms with Crippen molar-refractivity contribution in [2.24, 2.45) is 5.92 Å². The molecule has 2 rings (SSSR count). The molecule has 0 saturated heterocycles. The number of thiophene rings is 1. The molecule has 23 heavy (non-hydrogen) atoms. The van der Waals surface area contributed by atoms with Gasteiger partial charge in [-0.25, -0.2) is 4.79 Å². The molecule has 128 valence electrons. The van der Waals surface area contributed by atoms with Gasteiger partial charge < -0.3 is 20.8 Å². The van der Waals surface area contributed by atoms with E-state index in [1.807, 2.05) is 24.4 Å². The van der Waals surface area contributed by atoms with Gasteiger partial charge in [0.15, 0.2) is 0 Å². The number of amides is 2. The van der Waals surface area contributed by atoms with Crippen LogP contribution < -0.4 is 10.6 Å². The number of urea groups is 1.